The van der Waals surface area contributed by atoms with E-state index in [2.05, 4.69) is 10.1 Å². The van der Waals surface area contributed by atoms with Crippen LogP contribution in [-0.2, 0) is 11.0 Å². The number of hydrogen-bond acceptors (Lipinski definition) is 3. The summed E-state index contributed by atoms with van der Waals surface area (Å²) in [6.45, 7) is -0.221. The minimum atomic E-state index is -4.55. The third-order valence-corrected chi connectivity index (χ3v) is 2.24. The molecule has 7 heteroatoms. The lowest BCUT2D eigenvalue weighted by Crippen LogP contribution is -2.26. The van der Waals surface area contributed by atoms with Crippen LogP contribution in [0.25, 0.3) is 0 Å². The molecule has 2 rings (SSSR count). The second kappa shape index (κ2) is 3.83. The van der Waals surface area contributed by atoms with Gasteiger partial charge in [-0.3, -0.25) is 4.79 Å². The first-order valence-corrected chi connectivity index (χ1v) is 4.63. The lowest BCUT2D eigenvalue weighted by atomic mass is 10.1. The number of benzene rings is 1. The molecule has 0 fully saturated rings. The summed E-state index contributed by atoms with van der Waals surface area (Å²) in [4.78, 5) is 11.0. The Morgan fingerprint density at radius 2 is 2.12 bits per heavy atom. The molecule has 1 aromatic carbocycles. The average molecular weight is 247 g/mol. The maximum absolute atomic E-state index is 12.7. The van der Waals surface area contributed by atoms with Crippen LogP contribution in [0.1, 0.15) is 5.56 Å². The highest BCUT2D eigenvalue weighted by molar-refractivity contribution is 5.95. The van der Waals surface area contributed by atoms with Gasteiger partial charge in [-0.15, -0.1) is 0 Å². The molecule has 1 N–H and O–H groups in total. The molecule has 0 atom stereocenters. The number of anilines is 1. The smallest absolute Gasteiger partial charge is 0.420 e. The van der Waals surface area contributed by atoms with Crippen molar-refractivity contribution in [1.29, 1.82) is 0 Å². The zero-order valence-corrected chi connectivity index (χ0v) is 8.72. The molecule has 1 amide bonds. The lowest BCUT2D eigenvalue weighted by Gasteiger charge is -2.21. The Hall–Kier alpha value is -1.92. The van der Waals surface area contributed by atoms with Crippen molar-refractivity contribution in [3.63, 3.8) is 0 Å². The first kappa shape index (κ1) is 11.6. The number of hydrogen-bond donors (Lipinski definition) is 1. The lowest BCUT2D eigenvalue weighted by molar-refractivity contribution is -0.138. The van der Waals surface area contributed by atoms with Crippen LogP contribution in [0.2, 0.25) is 0 Å². The Morgan fingerprint density at radius 3 is 2.71 bits per heavy atom. The van der Waals surface area contributed by atoms with Gasteiger partial charge in [-0.2, -0.15) is 13.2 Å². The van der Waals surface area contributed by atoms with E-state index in [1.165, 1.54) is 0 Å². The maximum atomic E-state index is 12.7. The van der Waals surface area contributed by atoms with E-state index in [-0.39, 0.29) is 23.8 Å². The van der Waals surface area contributed by atoms with E-state index in [0.29, 0.717) is 0 Å². The molecule has 0 bridgehead atoms. The van der Waals surface area contributed by atoms with Gasteiger partial charge in [0.15, 0.2) is 6.61 Å². The van der Waals surface area contributed by atoms with Gasteiger partial charge < -0.3 is 14.8 Å². The van der Waals surface area contributed by atoms with Crippen molar-refractivity contribution >= 4 is 11.6 Å². The predicted octanol–water partition coefficient (Wildman–Crippen LogP) is 2.04. The van der Waals surface area contributed by atoms with Crippen LogP contribution >= 0.6 is 0 Å². The van der Waals surface area contributed by atoms with Gasteiger partial charge in [0.25, 0.3) is 5.91 Å². The first-order chi connectivity index (χ1) is 7.91. The quantitative estimate of drug-likeness (QED) is 0.826. The molecule has 0 spiro atoms. The highest BCUT2D eigenvalue weighted by atomic mass is 19.4. The zero-order valence-electron chi connectivity index (χ0n) is 8.72. The molecule has 17 heavy (non-hydrogen) atoms. The van der Waals surface area contributed by atoms with E-state index in [0.717, 1.165) is 19.2 Å². The molecule has 1 aromatic rings. The molecule has 1 aliphatic rings. The van der Waals surface area contributed by atoms with Crippen molar-refractivity contribution in [2.24, 2.45) is 0 Å². The number of nitrogens with one attached hydrogen (secondary N) is 1. The van der Waals surface area contributed by atoms with Crippen LogP contribution in [0.3, 0.4) is 0 Å². The molecule has 0 radical (unpaired) electrons. The van der Waals surface area contributed by atoms with E-state index >= 15 is 0 Å². The number of fused-ring (bicyclic) bond motifs is 1. The summed E-state index contributed by atoms with van der Waals surface area (Å²) in [5.41, 5.74) is -0.959. The third kappa shape index (κ3) is 2.13. The molecule has 0 aromatic heterocycles. The fourth-order valence-electron chi connectivity index (χ4n) is 1.50. The second-order valence-electron chi connectivity index (χ2n) is 3.38. The molecule has 0 saturated carbocycles. The Balaban J connectivity index is 2.53. The van der Waals surface area contributed by atoms with Gasteiger partial charge in [0.2, 0.25) is 0 Å². The van der Waals surface area contributed by atoms with Gasteiger partial charge in [0.1, 0.15) is 11.5 Å². The van der Waals surface area contributed by atoms with Gasteiger partial charge in [0.05, 0.1) is 18.4 Å². The van der Waals surface area contributed by atoms with Gasteiger partial charge in [0, 0.05) is 6.07 Å². The number of halogens is 3. The number of methoxy groups -OCH3 is 1. The van der Waals surface area contributed by atoms with E-state index in [9.17, 15) is 18.0 Å². The monoisotopic (exact) mass is 247 g/mol. The molecule has 92 valence electrons. The maximum Gasteiger partial charge on any atom is 0.420 e. The first-order valence-electron chi connectivity index (χ1n) is 4.63. The molecule has 1 heterocycles. The van der Waals surface area contributed by atoms with Crippen LogP contribution in [0.4, 0.5) is 18.9 Å². The van der Waals surface area contributed by atoms with Crippen LogP contribution in [-0.4, -0.2) is 19.6 Å². The number of carbonyl (C=O) groups excluding carboxylic acids is 1. The number of carbonyl (C=O) groups is 1. The van der Waals surface area contributed by atoms with Crippen LogP contribution in [0, 0.1) is 0 Å². The SMILES string of the molecule is COc1cc2c(cc1C(F)(F)F)NC(=O)CO2. The topological polar surface area (TPSA) is 47.6 Å². The van der Waals surface area contributed by atoms with Gasteiger partial charge >= 0.3 is 6.18 Å². The summed E-state index contributed by atoms with van der Waals surface area (Å²) in [5.74, 6) is -0.669. The number of ether oxygens (including phenoxy) is 2. The number of alkyl halides is 3. The Kier molecular flexibility index (Phi) is 2.60. The largest absolute Gasteiger partial charge is 0.496 e. The fourth-order valence-corrected chi connectivity index (χ4v) is 1.50. The van der Waals surface area contributed by atoms with Crippen molar-refractivity contribution in [2.75, 3.05) is 19.0 Å². The van der Waals surface area contributed by atoms with Crippen LogP contribution in [0.15, 0.2) is 12.1 Å². The van der Waals surface area contributed by atoms with Crippen LogP contribution < -0.4 is 14.8 Å². The summed E-state index contributed by atoms with van der Waals surface area (Å²) in [7, 11) is 1.14. The minimum absolute atomic E-state index is 0.00521. The van der Waals surface area contributed by atoms with Gasteiger partial charge in [-0.25, -0.2) is 0 Å². The highest BCUT2D eigenvalue weighted by Crippen LogP contribution is 2.42. The average Bonchev–Trinajstić information content (AvgIpc) is 2.26. The Labute approximate surface area is 94.3 Å². The summed E-state index contributed by atoms with van der Waals surface area (Å²) in [6, 6.07) is 1.91. The summed E-state index contributed by atoms with van der Waals surface area (Å²) in [5, 5.41) is 2.30. The molecule has 0 aliphatic carbocycles. The summed E-state index contributed by atoms with van der Waals surface area (Å²) in [6.07, 6.45) is -4.55. The van der Waals surface area contributed by atoms with E-state index in [4.69, 9.17) is 4.74 Å². The molecule has 0 saturated heterocycles. The van der Waals surface area contributed by atoms with Gasteiger partial charge in [-0.1, -0.05) is 0 Å². The molecule has 0 unspecified atom stereocenters. The highest BCUT2D eigenvalue weighted by Gasteiger charge is 2.36. The van der Waals surface area contributed by atoms with Crippen molar-refractivity contribution in [3.05, 3.63) is 17.7 Å². The number of rotatable bonds is 1. The number of amides is 1. The summed E-state index contributed by atoms with van der Waals surface area (Å²) < 4.78 is 47.6. The van der Waals surface area contributed by atoms with E-state index in [1.54, 1.807) is 0 Å². The van der Waals surface area contributed by atoms with E-state index in [1.807, 2.05) is 0 Å². The van der Waals surface area contributed by atoms with Crippen molar-refractivity contribution in [3.8, 4) is 11.5 Å². The zero-order chi connectivity index (χ0) is 12.6. The predicted molar refractivity (Wildman–Crippen MR) is 52.1 cm³/mol. The van der Waals surface area contributed by atoms with Gasteiger partial charge in [-0.05, 0) is 6.07 Å². The minimum Gasteiger partial charge on any atom is -0.496 e. The standard InChI is InChI=1S/C10H8F3NO3/c1-16-7-3-8-6(14-9(15)4-17-8)2-5(7)10(11,12)13/h2-3H,4H2,1H3,(H,14,15). The molecule has 4 nitrogen and oxygen atoms in total. The normalized spacial score (nSPS) is 14.7. The van der Waals surface area contributed by atoms with Crippen molar-refractivity contribution < 1.29 is 27.4 Å². The molecular weight excluding hydrogens is 239 g/mol. The Bertz CT molecular complexity index is 471. The van der Waals surface area contributed by atoms with Crippen molar-refractivity contribution in [2.45, 2.75) is 6.18 Å². The second-order valence-corrected chi connectivity index (χ2v) is 3.38. The Morgan fingerprint density at radius 1 is 1.41 bits per heavy atom. The van der Waals surface area contributed by atoms with Crippen molar-refractivity contribution in [1.82, 2.24) is 0 Å². The third-order valence-electron chi connectivity index (χ3n) is 2.24. The van der Waals surface area contributed by atoms with Crippen LogP contribution in [0.5, 0.6) is 11.5 Å². The fraction of sp³-hybridized carbons (Fsp3) is 0.300. The van der Waals surface area contributed by atoms with E-state index < -0.39 is 17.6 Å². The molecule has 1 aliphatic heterocycles. The summed E-state index contributed by atoms with van der Waals surface area (Å²) >= 11 is 0. The molecular formula is C10H8F3NO3.